The summed E-state index contributed by atoms with van der Waals surface area (Å²) in [6.45, 7) is 0.00486. The third-order valence-corrected chi connectivity index (χ3v) is 4.23. The molecule has 0 bridgehead atoms. The highest BCUT2D eigenvalue weighted by Crippen LogP contribution is 2.37. The fraction of sp³-hybridized carbons (Fsp3) is 0.111. The second-order valence-electron chi connectivity index (χ2n) is 5.89. The number of fused-ring (bicyclic) bond motifs is 2. The quantitative estimate of drug-likeness (QED) is 0.434. The molecule has 0 radical (unpaired) electrons. The Morgan fingerprint density at radius 1 is 1.30 bits per heavy atom. The summed E-state index contributed by atoms with van der Waals surface area (Å²) < 4.78 is 12.2. The van der Waals surface area contributed by atoms with Crippen molar-refractivity contribution in [2.24, 2.45) is 12.1 Å². The molecule has 0 spiro atoms. The van der Waals surface area contributed by atoms with Crippen LogP contribution in [0.1, 0.15) is 15.9 Å². The lowest BCUT2D eigenvalue weighted by Gasteiger charge is -2.01. The van der Waals surface area contributed by atoms with Gasteiger partial charge < -0.3 is 14.0 Å². The first-order valence-electron chi connectivity index (χ1n) is 8.00. The first-order chi connectivity index (χ1) is 13.0. The lowest BCUT2D eigenvalue weighted by atomic mass is 10.1. The van der Waals surface area contributed by atoms with Crippen molar-refractivity contribution in [1.82, 2.24) is 9.99 Å². The third-order valence-electron chi connectivity index (χ3n) is 4.23. The van der Waals surface area contributed by atoms with Crippen molar-refractivity contribution in [3.63, 3.8) is 0 Å². The molecule has 1 amide bonds. The fourth-order valence-electron chi connectivity index (χ4n) is 2.95. The second kappa shape index (κ2) is 6.45. The van der Waals surface area contributed by atoms with E-state index in [9.17, 15) is 14.9 Å². The molecule has 0 saturated carbocycles. The minimum atomic E-state index is -0.546. The smallest absolute Gasteiger partial charge is 0.282 e. The minimum absolute atomic E-state index is 0.00486. The summed E-state index contributed by atoms with van der Waals surface area (Å²) in [5.74, 6) is 0.285. The normalized spacial score (nSPS) is 12.6. The van der Waals surface area contributed by atoms with Crippen molar-refractivity contribution in [1.29, 1.82) is 0 Å². The molecule has 1 N–H and O–H groups in total. The standard InChI is InChI=1S/C18H14N4O5/c1-21-9-13(12-4-2-3-5-14(12)21)18(23)20-19-8-11-6-16-17(27-10-26-16)7-15(11)22(24)25/h2-9H,10H2,1H3,(H,20,23). The number of nitrogens with zero attached hydrogens (tertiary/aromatic N) is 3. The van der Waals surface area contributed by atoms with Gasteiger partial charge in [0, 0.05) is 24.1 Å². The van der Waals surface area contributed by atoms with Gasteiger partial charge in [-0.15, -0.1) is 0 Å². The Labute approximate surface area is 153 Å². The highest BCUT2D eigenvalue weighted by atomic mass is 16.7. The molecule has 3 aromatic rings. The summed E-state index contributed by atoms with van der Waals surface area (Å²) in [6.07, 6.45) is 2.92. The van der Waals surface area contributed by atoms with E-state index in [1.807, 2.05) is 35.9 Å². The Morgan fingerprint density at radius 2 is 2.04 bits per heavy atom. The predicted molar refractivity (Wildman–Crippen MR) is 97.2 cm³/mol. The van der Waals surface area contributed by atoms with Gasteiger partial charge in [-0.05, 0) is 12.1 Å². The monoisotopic (exact) mass is 366 g/mol. The molecule has 0 saturated heterocycles. The Hall–Kier alpha value is -3.88. The van der Waals surface area contributed by atoms with Gasteiger partial charge in [0.15, 0.2) is 11.5 Å². The molecule has 2 aromatic carbocycles. The van der Waals surface area contributed by atoms with Gasteiger partial charge in [-0.3, -0.25) is 14.9 Å². The van der Waals surface area contributed by atoms with E-state index in [-0.39, 0.29) is 18.0 Å². The average molecular weight is 366 g/mol. The SMILES string of the molecule is Cn1cc(C(=O)NN=Cc2cc3c(cc2[N+](=O)[O-])OCO3)c2ccccc21. The van der Waals surface area contributed by atoms with Crippen LogP contribution in [0.2, 0.25) is 0 Å². The number of benzene rings is 2. The van der Waals surface area contributed by atoms with Gasteiger partial charge in [0.1, 0.15) is 0 Å². The van der Waals surface area contributed by atoms with Gasteiger partial charge in [0.2, 0.25) is 6.79 Å². The van der Waals surface area contributed by atoms with Crippen LogP contribution in [0.4, 0.5) is 5.69 Å². The first kappa shape index (κ1) is 16.6. The van der Waals surface area contributed by atoms with Gasteiger partial charge in [0.25, 0.3) is 11.6 Å². The molecule has 2 heterocycles. The number of rotatable bonds is 4. The molecule has 9 nitrogen and oxygen atoms in total. The summed E-state index contributed by atoms with van der Waals surface area (Å²) in [7, 11) is 1.85. The van der Waals surface area contributed by atoms with Crippen LogP contribution in [0, 0.1) is 10.1 Å². The van der Waals surface area contributed by atoms with Crippen molar-refractivity contribution < 1.29 is 19.2 Å². The zero-order valence-corrected chi connectivity index (χ0v) is 14.2. The molecule has 0 aliphatic carbocycles. The molecular weight excluding hydrogens is 352 g/mol. The first-order valence-corrected chi connectivity index (χ1v) is 8.00. The number of hydrogen-bond donors (Lipinski definition) is 1. The molecule has 136 valence electrons. The molecular formula is C18H14N4O5. The van der Waals surface area contributed by atoms with Crippen LogP contribution in [0.3, 0.4) is 0 Å². The van der Waals surface area contributed by atoms with E-state index in [0.717, 1.165) is 10.9 Å². The summed E-state index contributed by atoms with van der Waals surface area (Å²) in [5, 5.41) is 15.9. The molecule has 4 rings (SSSR count). The molecule has 9 heteroatoms. The Morgan fingerprint density at radius 3 is 2.81 bits per heavy atom. The minimum Gasteiger partial charge on any atom is -0.454 e. The maximum absolute atomic E-state index is 12.5. The third kappa shape index (κ3) is 2.95. The van der Waals surface area contributed by atoms with Crippen molar-refractivity contribution >= 4 is 28.7 Å². The van der Waals surface area contributed by atoms with Crippen LogP contribution in [0.5, 0.6) is 11.5 Å². The van der Waals surface area contributed by atoms with Crippen molar-refractivity contribution in [3.8, 4) is 11.5 Å². The van der Waals surface area contributed by atoms with Gasteiger partial charge in [-0.25, -0.2) is 5.43 Å². The van der Waals surface area contributed by atoms with Crippen LogP contribution in [-0.2, 0) is 7.05 Å². The van der Waals surface area contributed by atoms with Crippen LogP contribution in [0.25, 0.3) is 10.9 Å². The van der Waals surface area contributed by atoms with E-state index in [0.29, 0.717) is 17.1 Å². The average Bonchev–Trinajstić information content (AvgIpc) is 3.25. The van der Waals surface area contributed by atoms with Gasteiger partial charge >= 0.3 is 0 Å². The number of ether oxygens (including phenoxy) is 2. The predicted octanol–water partition coefficient (Wildman–Crippen LogP) is 2.58. The number of carbonyl (C=O) groups excluding carboxylic acids is 1. The van der Waals surface area contributed by atoms with E-state index >= 15 is 0 Å². The maximum Gasteiger partial charge on any atom is 0.282 e. The van der Waals surface area contributed by atoms with E-state index < -0.39 is 10.8 Å². The van der Waals surface area contributed by atoms with Crippen molar-refractivity contribution in [3.05, 3.63) is 63.8 Å². The lowest BCUT2D eigenvalue weighted by molar-refractivity contribution is -0.385. The van der Waals surface area contributed by atoms with Gasteiger partial charge in [-0.1, -0.05) is 18.2 Å². The summed E-state index contributed by atoms with van der Waals surface area (Å²) in [4.78, 5) is 23.2. The second-order valence-corrected chi connectivity index (χ2v) is 5.89. The number of aryl methyl sites for hydroxylation is 1. The Balaban J connectivity index is 1.59. The molecule has 1 aromatic heterocycles. The van der Waals surface area contributed by atoms with Crippen molar-refractivity contribution in [2.45, 2.75) is 0 Å². The fourth-order valence-corrected chi connectivity index (χ4v) is 2.95. The van der Waals surface area contributed by atoms with Crippen LogP contribution >= 0.6 is 0 Å². The number of nitro benzene ring substituents is 1. The molecule has 0 fully saturated rings. The van der Waals surface area contributed by atoms with Crippen LogP contribution in [0.15, 0.2) is 47.7 Å². The van der Waals surface area contributed by atoms with E-state index in [4.69, 9.17) is 9.47 Å². The van der Waals surface area contributed by atoms with E-state index in [1.54, 1.807) is 6.20 Å². The Bertz CT molecular complexity index is 1100. The summed E-state index contributed by atoms with van der Waals surface area (Å²) >= 11 is 0. The Kier molecular flexibility index (Phi) is 3.96. The highest BCUT2D eigenvalue weighted by Gasteiger charge is 2.22. The van der Waals surface area contributed by atoms with Crippen LogP contribution < -0.4 is 14.9 Å². The summed E-state index contributed by atoms with van der Waals surface area (Å²) in [6, 6.07) is 10.2. The number of aromatic nitrogens is 1. The highest BCUT2D eigenvalue weighted by molar-refractivity contribution is 6.07. The number of hydrazone groups is 1. The number of hydrogen-bond acceptors (Lipinski definition) is 6. The summed E-state index contributed by atoms with van der Waals surface area (Å²) in [5.41, 5.74) is 3.79. The largest absolute Gasteiger partial charge is 0.454 e. The number of nitro groups is 1. The van der Waals surface area contributed by atoms with E-state index in [1.165, 1.54) is 18.3 Å². The molecule has 0 unspecified atom stereocenters. The maximum atomic E-state index is 12.5. The van der Waals surface area contributed by atoms with E-state index in [2.05, 4.69) is 10.5 Å². The molecule has 1 aliphatic heterocycles. The number of carbonyl (C=O) groups is 1. The number of para-hydroxylation sites is 1. The lowest BCUT2D eigenvalue weighted by Crippen LogP contribution is -2.17. The molecule has 0 atom stereocenters. The molecule has 1 aliphatic rings. The van der Waals surface area contributed by atoms with Gasteiger partial charge in [0.05, 0.1) is 28.3 Å². The number of nitrogens with one attached hydrogen (secondary N) is 1. The zero-order chi connectivity index (χ0) is 19.0. The number of amides is 1. The topological polar surface area (TPSA) is 108 Å². The van der Waals surface area contributed by atoms with Gasteiger partial charge in [-0.2, -0.15) is 5.10 Å². The molecule has 27 heavy (non-hydrogen) atoms. The van der Waals surface area contributed by atoms with Crippen molar-refractivity contribution in [2.75, 3.05) is 6.79 Å². The zero-order valence-electron chi connectivity index (χ0n) is 14.2. The van der Waals surface area contributed by atoms with Crippen LogP contribution in [-0.4, -0.2) is 28.4 Å².